The molecular weight excluding hydrogens is 349 g/mol. The van der Waals surface area contributed by atoms with Crippen LogP contribution in [0.5, 0.6) is 0 Å². The first-order chi connectivity index (χ1) is 11.1. The van der Waals surface area contributed by atoms with E-state index in [9.17, 15) is 4.79 Å². The van der Waals surface area contributed by atoms with E-state index >= 15 is 0 Å². The molecule has 2 nitrogen and oxygen atoms in total. The van der Waals surface area contributed by atoms with Crippen LogP contribution in [0.25, 0.3) is 11.1 Å². The number of hydrogen-bond donors (Lipinski definition) is 1. The van der Waals surface area contributed by atoms with Crippen molar-refractivity contribution in [2.45, 2.75) is 6.92 Å². The third kappa shape index (κ3) is 3.42. The molecule has 0 aliphatic heterocycles. The van der Waals surface area contributed by atoms with Gasteiger partial charge in [-0.2, -0.15) is 0 Å². The second-order valence-electron chi connectivity index (χ2n) is 5.06. The van der Waals surface area contributed by atoms with Crippen molar-refractivity contribution in [3.63, 3.8) is 0 Å². The van der Waals surface area contributed by atoms with Gasteiger partial charge in [0, 0.05) is 11.3 Å². The molecule has 2 aromatic carbocycles. The van der Waals surface area contributed by atoms with E-state index in [4.69, 9.17) is 23.2 Å². The van der Waals surface area contributed by atoms with Crippen LogP contribution < -0.4 is 5.32 Å². The highest BCUT2D eigenvalue weighted by Crippen LogP contribution is 2.33. The third-order valence-corrected chi connectivity index (χ3v) is 5.23. The van der Waals surface area contributed by atoms with Crippen LogP contribution in [0.2, 0.25) is 10.0 Å². The average Bonchev–Trinajstić information content (AvgIpc) is 2.97. The molecule has 0 saturated heterocycles. The summed E-state index contributed by atoms with van der Waals surface area (Å²) in [5, 5.41) is 5.88. The maximum absolute atomic E-state index is 12.5. The predicted molar refractivity (Wildman–Crippen MR) is 98.9 cm³/mol. The number of carbonyl (C=O) groups excluding carboxylic acids is 1. The average molecular weight is 362 g/mol. The number of amides is 1. The molecule has 1 aromatic heterocycles. The van der Waals surface area contributed by atoms with Crippen LogP contribution in [-0.4, -0.2) is 5.91 Å². The lowest BCUT2D eigenvalue weighted by Gasteiger charge is -2.12. The molecule has 0 bridgehead atoms. The van der Waals surface area contributed by atoms with Gasteiger partial charge in [0.2, 0.25) is 0 Å². The topological polar surface area (TPSA) is 29.1 Å². The van der Waals surface area contributed by atoms with E-state index in [0.29, 0.717) is 14.9 Å². The van der Waals surface area contributed by atoms with Gasteiger partial charge in [0.15, 0.2) is 0 Å². The van der Waals surface area contributed by atoms with Crippen molar-refractivity contribution in [3.8, 4) is 11.1 Å². The molecule has 0 aliphatic rings. The maximum atomic E-state index is 12.5. The number of halogens is 2. The van der Waals surface area contributed by atoms with Gasteiger partial charge >= 0.3 is 0 Å². The highest BCUT2D eigenvalue weighted by atomic mass is 35.5. The van der Waals surface area contributed by atoms with Crippen molar-refractivity contribution < 1.29 is 4.79 Å². The molecule has 0 aliphatic carbocycles. The maximum Gasteiger partial charge on any atom is 0.266 e. The van der Waals surface area contributed by atoms with Crippen LogP contribution in [0, 0.1) is 6.92 Å². The minimum atomic E-state index is -0.106. The van der Waals surface area contributed by atoms with Crippen molar-refractivity contribution in [3.05, 3.63) is 74.4 Å². The van der Waals surface area contributed by atoms with E-state index in [1.54, 1.807) is 12.1 Å². The lowest BCUT2D eigenvalue weighted by Crippen LogP contribution is -2.12. The largest absolute Gasteiger partial charge is 0.321 e. The smallest absolute Gasteiger partial charge is 0.266 e. The minimum absolute atomic E-state index is 0.106. The number of rotatable bonds is 3. The van der Waals surface area contributed by atoms with Gasteiger partial charge in [-0.1, -0.05) is 47.5 Å². The highest BCUT2D eigenvalue weighted by molar-refractivity contribution is 7.12. The molecule has 0 radical (unpaired) electrons. The Labute approximate surface area is 148 Å². The highest BCUT2D eigenvalue weighted by Gasteiger charge is 2.13. The van der Waals surface area contributed by atoms with Gasteiger partial charge < -0.3 is 5.32 Å². The molecule has 0 spiro atoms. The van der Waals surface area contributed by atoms with Crippen molar-refractivity contribution >= 4 is 46.1 Å². The Hall–Kier alpha value is -1.81. The van der Waals surface area contributed by atoms with Gasteiger partial charge in [-0.05, 0) is 47.7 Å². The van der Waals surface area contributed by atoms with Crippen LogP contribution in [0.3, 0.4) is 0 Å². The van der Waals surface area contributed by atoms with E-state index in [1.807, 2.05) is 48.7 Å². The normalized spacial score (nSPS) is 10.6. The van der Waals surface area contributed by atoms with Crippen LogP contribution >= 0.6 is 34.5 Å². The molecule has 1 amide bonds. The molecule has 0 unspecified atom stereocenters. The zero-order valence-corrected chi connectivity index (χ0v) is 14.6. The Balaban J connectivity index is 1.96. The first kappa shape index (κ1) is 16.1. The lowest BCUT2D eigenvalue weighted by molar-refractivity contribution is 0.103. The van der Waals surface area contributed by atoms with E-state index in [1.165, 1.54) is 11.3 Å². The van der Waals surface area contributed by atoms with Gasteiger partial charge in [0.25, 0.3) is 5.91 Å². The van der Waals surface area contributed by atoms with Crippen LogP contribution in [0.4, 0.5) is 5.69 Å². The van der Waals surface area contributed by atoms with Crippen LogP contribution in [0.15, 0.2) is 53.9 Å². The van der Waals surface area contributed by atoms with E-state index in [-0.39, 0.29) is 5.91 Å². The first-order valence-electron chi connectivity index (χ1n) is 6.96. The standard InChI is InChI=1S/C18H13Cl2NOS/c1-11-8-9-23-17(11)18(22)21-16-5-3-2-4-13(16)12-6-7-14(19)15(20)10-12/h2-10H,1H3,(H,21,22). The fourth-order valence-electron chi connectivity index (χ4n) is 2.29. The number of benzene rings is 2. The molecule has 1 N–H and O–H groups in total. The SMILES string of the molecule is Cc1ccsc1C(=O)Nc1ccccc1-c1ccc(Cl)c(Cl)c1. The molecule has 1 heterocycles. The number of para-hydroxylation sites is 1. The van der Waals surface area contributed by atoms with Gasteiger partial charge in [-0.25, -0.2) is 0 Å². The van der Waals surface area contributed by atoms with Crippen molar-refractivity contribution in [2.24, 2.45) is 0 Å². The Morgan fingerprint density at radius 2 is 1.83 bits per heavy atom. The fraction of sp³-hybridized carbons (Fsp3) is 0.0556. The molecule has 0 saturated carbocycles. The summed E-state index contributed by atoms with van der Waals surface area (Å²) in [6.07, 6.45) is 0. The number of aryl methyl sites for hydroxylation is 1. The van der Waals surface area contributed by atoms with Crippen molar-refractivity contribution in [1.29, 1.82) is 0 Å². The second kappa shape index (κ2) is 6.75. The number of thiophene rings is 1. The summed E-state index contributed by atoms with van der Waals surface area (Å²) in [4.78, 5) is 13.2. The Bertz CT molecular complexity index is 873. The van der Waals surface area contributed by atoms with Gasteiger partial charge in [-0.15, -0.1) is 11.3 Å². The summed E-state index contributed by atoms with van der Waals surface area (Å²) in [6, 6.07) is 15.0. The van der Waals surface area contributed by atoms with Gasteiger partial charge in [0.1, 0.15) is 0 Å². The molecule has 116 valence electrons. The fourth-order valence-corrected chi connectivity index (χ4v) is 3.41. The second-order valence-corrected chi connectivity index (χ2v) is 6.79. The summed E-state index contributed by atoms with van der Waals surface area (Å²) in [5.41, 5.74) is 3.51. The van der Waals surface area contributed by atoms with Crippen molar-refractivity contribution in [1.82, 2.24) is 0 Å². The van der Waals surface area contributed by atoms with E-state index < -0.39 is 0 Å². The summed E-state index contributed by atoms with van der Waals surface area (Å²) in [5.74, 6) is -0.106. The molecule has 3 rings (SSSR count). The predicted octanol–water partition coefficient (Wildman–Crippen LogP) is 6.28. The molecule has 0 atom stereocenters. The van der Waals surface area contributed by atoms with E-state index in [2.05, 4.69) is 5.32 Å². The Kier molecular flexibility index (Phi) is 4.71. The Morgan fingerprint density at radius 3 is 2.52 bits per heavy atom. The molecule has 0 fully saturated rings. The zero-order chi connectivity index (χ0) is 16.4. The summed E-state index contributed by atoms with van der Waals surface area (Å²) in [6.45, 7) is 1.93. The van der Waals surface area contributed by atoms with Gasteiger partial charge in [-0.3, -0.25) is 4.79 Å². The minimum Gasteiger partial charge on any atom is -0.321 e. The molecular formula is C18H13Cl2NOS. The summed E-state index contributed by atoms with van der Waals surface area (Å²) >= 11 is 13.5. The van der Waals surface area contributed by atoms with E-state index in [0.717, 1.165) is 22.4 Å². The number of carbonyl (C=O) groups is 1. The molecule has 5 heteroatoms. The number of nitrogens with one attached hydrogen (secondary N) is 1. The van der Waals surface area contributed by atoms with Crippen LogP contribution in [-0.2, 0) is 0 Å². The van der Waals surface area contributed by atoms with Crippen LogP contribution in [0.1, 0.15) is 15.2 Å². The summed E-state index contributed by atoms with van der Waals surface area (Å²) in [7, 11) is 0. The lowest BCUT2D eigenvalue weighted by atomic mass is 10.0. The van der Waals surface area contributed by atoms with Gasteiger partial charge in [0.05, 0.1) is 14.9 Å². The number of hydrogen-bond acceptors (Lipinski definition) is 2. The number of anilines is 1. The summed E-state index contributed by atoms with van der Waals surface area (Å²) < 4.78 is 0. The third-order valence-electron chi connectivity index (χ3n) is 3.47. The van der Waals surface area contributed by atoms with Crippen molar-refractivity contribution in [2.75, 3.05) is 5.32 Å². The monoisotopic (exact) mass is 361 g/mol. The zero-order valence-electron chi connectivity index (χ0n) is 12.3. The first-order valence-corrected chi connectivity index (χ1v) is 8.59. The Morgan fingerprint density at radius 1 is 1.04 bits per heavy atom. The molecule has 23 heavy (non-hydrogen) atoms. The molecule has 3 aromatic rings. The quantitative estimate of drug-likeness (QED) is 0.583.